The maximum absolute atomic E-state index is 12.5. The van der Waals surface area contributed by atoms with Crippen LogP contribution in [0.2, 0.25) is 0 Å². The minimum Gasteiger partial charge on any atom is -0.399 e. The molecule has 0 spiro atoms. The van der Waals surface area contributed by atoms with E-state index >= 15 is 0 Å². The van der Waals surface area contributed by atoms with Crippen molar-refractivity contribution < 1.29 is 9.59 Å². The highest BCUT2D eigenvalue weighted by molar-refractivity contribution is 6.16. The highest BCUT2D eigenvalue weighted by Crippen LogP contribution is 2.26. The van der Waals surface area contributed by atoms with Gasteiger partial charge in [0.25, 0.3) is 0 Å². The van der Waals surface area contributed by atoms with Crippen molar-refractivity contribution in [1.29, 1.82) is 0 Å². The number of benzene rings is 1. The average Bonchev–Trinajstić information content (AvgIpc) is 2.27. The maximum Gasteiger partial charge on any atom is 0.331 e. The Bertz CT molecular complexity index is 520. The Hall–Kier alpha value is -2.04. The largest absolute Gasteiger partial charge is 0.399 e. The lowest BCUT2D eigenvalue weighted by Gasteiger charge is -2.42. The summed E-state index contributed by atoms with van der Waals surface area (Å²) in [4.78, 5) is 27.4. The summed E-state index contributed by atoms with van der Waals surface area (Å²) in [5.41, 5.74) is 6.47. The van der Waals surface area contributed by atoms with Gasteiger partial charge in [0.15, 0.2) is 0 Å². The van der Waals surface area contributed by atoms with E-state index in [0.29, 0.717) is 24.3 Å². The van der Waals surface area contributed by atoms with Crippen LogP contribution in [0.3, 0.4) is 0 Å². The summed E-state index contributed by atoms with van der Waals surface area (Å²) in [6.45, 7) is 6.33. The van der Waals surface area contributed by atoms with Gasteiger partial charge in [0.05, 0.1) is 5.69 Å². The molecular formula is C14H19N3O2. The molecule has 1 heterocycles. The van der Waals surface area contributed by atoms with Gasteiger partial charge in [-0.1, -0.05) is 6.07 Å². The molecule has 1 aliphatic rings. The second kappa shape index (κ2) is 4.57. The van der Waals surface area contributed by atoms with Gasteiger partial charge in [0.2, 0.25) is 5.91 Å². The van der Waals surface area contributed by atoms with Gasteiger partial charge >= 0.3 is 6.03 Å². The SMILES string of the molecule is CC(C)(C)N1CCC(=O)N(c2cccc(N)c2)C1=O. The highest BCUT2D eigenvalue weighted by Gasteiger charge is 2.38. The third kappa shape index (κ3) is 2.54. The summed E-state index contributed by atoms with van der Waals surface area (Å²) in [5, 5.41) is 0. The Balaban J connectivity index is 2.37. The monoisotopic (exact) mass is 261 g/mol. The number of anilines is 2. The van der Waals surface area contributed by atoms with Crippen LogP contribution in [-0.4, -0.2) is 28.9 Å². The first-order chi connectivity index (χ1) is 8.80. The molecule has 1 aromatic rings. The van der Waals surface area contributed by atoms with Crippen LogP contribution >= 0.6 is 0 Å². The molecule has 0 radical (unpaired) electrons. The number of rotatable bonds is 1. The standard InChI is InChI=1S/C14H19N3O2/c1-14(2,3)16-8-7-12(18)17(13(16)19)11-6-4-5-10(15)9-11/h4-6,9H,7-8,15H2,1-3H3. The minimum atomic E-state index is -0.309. The van der Waals surface area contributed by atoms with Crippen molar-refractivity contribution in [2.75, 3.05) is 17.2 Å². The average molecular weight is 261 g/mol. The Morgan fingerprint density at radius 3 is 2.47 bits per heavy atom. The van der Waals surface area contributed by atoms with Gasteiger partial charge in [-0.15, -0.1) is 0 Å². The fraction of sp³-hybridized carbons (Fsp3) is 0.429. The summed E-state index contributed by atoms with van der Waals surface area (Å²) < 4.78 is 0. The normalized spacial score (nSPS) is 17.0. The quantitative estimate of drug-likeness (QED) is 0.788. The van der Waals surface area contributed by atoms with Crippen LogP contribution in [0.15, 0.2) is 24.3 Å². The zero-order valence-corrected chi connectivity index (χ0v) is 11.5. The van der Waals surface area contributed by atoms with Crippen LogP contribution in [0.4, 0.5) is 16.2 Å². The molecule has 0 bridgehead atoms. The van der Waals surface area contributed by atoms with E-state index in [2.05, 4.69) is 0 Å². The van der Waals surface area contributed by atoms with Gasteiger partial charge in [-0.25, -0.2) is 9.69 Å². The smallest absolute Gasteiger partial charge is 0.331 e. The van der Waals surface area contributed by atoms with E-state index in [0.717, 1.165) is 0 Å². The second-order valence-electron chi connectivity index (χ2n) is 5.68. The van der Waals surface area contributed by atoms with E-state index in [1.807, 2.05) is 20.8 Å². The fourth-order valence-electron chi connectivity index (χ4n) is 2.18. The van der Waals surface area contributed by atoms with Crippen molar-refractivity contribution in [2.45, 2.75) is 32.7 Å². The molecule has 2 rings (SSSR count). The molecule has 2 N–H and O–H groups in total. The van der Waals surface area contributed by atoms with E-state index in [1.165, 1.54) is 4.90 Å². The first kappa shape index (κ1) is 13.4. The summed E-state index contributed by atoms with van der Waals surface area (Å²) in [6, 6.07) is 6.54. The Labute approximate surface area is 113 Å². The maximum atomic E-state index is 12.5. The van der Waals surface area contributed by atoms with Crippen LogP contribution in [0, 0.1) is 0 Å². The third-order valence-electron chi connectivity index (χ3n) is 3.16. The van der Waals surface area contributed by atoms with E-state index in [-0.39, 0.29) is 17.5 Å². The van der Waals surface area contributed by atoms with Crippen molar-refractivity contribution in [3.05, 3.63) is 24.3 Å². The minimum absolute atomic E-state index is 0.184. The van der Waals surface area contributed by atoms with Crippen LogP contribution in [0.1, 0.15) is 27.2 Å². The molecule has 1 aliphatic heterocycles. The van der Waals surface area contributed by atoms with E-state index in [1.54, 1.807) is 29.2 Å². The van der Waals surface area contributed by atoms with Crippen molar-refractivity contribution >= 4 is 23.3 Å². The number of nitrogen functional groups attached to an aromatic ring is 1. The van der Waals surface area contributed by atoms with Gasteiger partial charge in [0, 0.05) is 24.2 Å². The van der Waals surface area contributed by atoms with Gasteiger partial charge in [0.1, 0.15) is 0 Å². The molecule has 0 saturated carbocycles. The van der Waals surface area contributed by atoms with Crippen molar-refractivity contribution in [1.82, 2.24) is 4.90 Å². The topological polar surface area (TPSA) is 66.6 Å². The molecule has 1 aromatic carbocycles. The fourth-order valence-corrected chi connectivity index (χ4v) is 2.18. The summed E-state index contributed by atoms with van der Waals surface area (Å²) in [6.07, 6.45) is 0.331. The first-order valence-electron chi connectivity index (χ1n) is 6.31. The van der Waals surface area contributed by atoms with Crippen LogP contribution in [0.25, 0.3) is 0 Å². The van der Waals surface area contributed by atoms with E-state index < -0.39 is 0 Å². The summed E-state index contributed by atoms with van der Waals surface area (Å²) >= 11 is 0. The molecule has 102 valence electrons. The zero-order valence-electron chi connectivity index (χ0n) is 11.5. The van der Waals surface area contributed by atoms with Crippen molar-refractivity contribution in [3.63, 3.8) is 0 Å². The van der Waals surface area contributed by atoms with Gasteiger partial charge in [-0.05, 0) is 39.0 Å². The zero-order chi connectivity index (χ0) is 14.2. The number of urea groups is 1. The van der Waals surface area contributed by atoms with Crippen LogP contribution in [-0.2, 0) is 4.79 Å². The molecule has 0 aromatic heterocycles. The molecule has 5 heteroatoms. The molecule has 3 amide bonds. The number of amides is 3. The number of nitrogens with two attached hydrogens (primary N) is 1. The predicted molar refractivity (Wildman–Crippen MR) is 74.8 cm³/mol. The van der Waals surface area contributed by atoms with Crippen LogP contribution in [0.5, 0.6) is 0 Å². The van der Waals surface area contributed by atoms with E-state index in [9.17, 15) is 9.59 Å². The number of hydrogen-bond acceptors (Lipinski definition) is 3. The molecule has 0 atom stereocenters. The van der Waals surface area contributed by atoms with Gasteiger partial charge < -0.3 is 10.6 Å². The molecule has 5 nitrogen and oxygen atoms in total. The molecule has 0 unspecified atom stereocenters. The number of imide groups is 1. The number of nitrogens with zero attached hydrogens (tertiary/aromatic N) is 2. The first-order valence-corrected chi connectivity index (χ1v) is 6.31. The number of hydrogen-bond donors (Lipinski definition) is 1. The van der Waals surface area contributed by atoms with Gasteiger partial charge in [-0.3, -0.25) is 4.79 Å². The van der Waals surface area contributed by atoms with Crippen molar-refractivity contribution in [3.8, 4) is 0 Å². The lowest BCUT2D eigenvalue weighted by molar-refractivity contribution is -0.119. The summed E-state index contributed by atoms with van der Waals surface area (Å²) in [5.74, 6) is -0.184. The predicted octanol–water partition coefficient (Wildman–Crippen LogP) is 2.23. The molecule has 19 heavy (non-hydrogen) atoms. The number of carbonyl (C=O) groups is 2. The number of carbonyl (C=O) groups excluding carboxylic acids is 2. The molecule has 1 fully saturated rings. The third-order valence-corrected chi connectivity index (χ3v) is 3.16. The second-order valence-corrected chi connectivity index (χ2v) is 5.68. The molecular weight excluding hydrogens is 242 g/mol. The molecule has 0 aliphatic carbocycles. The Morgan fingerprint density at radius 1 is 1.21 bits per heavy atom. The Kier molecular flexibility index (Phi) is 3.22. The van der Waals surface area contributed by atoms with E-state index in [4.69, 9.17) is 5.73 Å². The van der Waals surface area contributed by atoms with Gasteiger partial charge in [-0.2, -0.15) is 0 Å². The summed E-state index contributed by atoms with van der Waals surface area (Å²) in [7, 11) is 0. The lowest BCUT2D eigenvalue weighted by Crippen LogP contribution is -2.58. The molecule has 1 saturated heterocycles. The van der Waals surface area contributed by atoms with Crippen LogP contribution < -0.4 is 10.6 Å². The Morgan fingerprint density at radius 2 is 1.89 bits per heavy atom. The lowest BCUT2D eigenvalue weighted by atomic mass is 10.0. The van der Waals surface area contributed by atoms with Crippen molar-refractivity contribution in [2.24, 2.45) is 0 Å². The highest BCUT2D eigenvalue weighted by atomic mass is 16.2.